The summed E-state index contributed by atoms with van der Waals surface area (Å²) >= 11 is 6.66. The molecule has 5 rings (SSSR count). The molecule has 7 atom stereocenters. The number of halogens is 1. The third-order valence-electron chi connectivity index (χ3n) is 10.5. The van der Waals surface area contributed by atoms with Crippen molar-refractivity contribution >= 4 is 41.0 Å². The fraction of sp³-hybridized carbons (Fsp3) is 0.487. The van der Waals surface area contributed by atoms with E-state index in [1.165, 1.54) is 4.90 Å². The van der Waals surface area contributed by atoms with E-state index in [0.29, 0.717) is 48.4 Å². The number of aliphatic hydroxyl groups is 1. The summed E-state index contributed by atoms with van der Waals surface area (Å²) in [5.41, 5.74) is 0.755. The lowest BCUT2D eigenvalue weighted by Gasteiger charge is -2.37. The first-order chi connectivity index (χ1) is 24.0. The molecule has 50 heavy (non-hydrogen) atoms. The fourth-order valence-corrected chi connectivity index (χ4v) is 8.32. The lowest BCUT2D eigenvalue weighted by atomic mass is 9.70. The van der Waals surface area contributed by atoms with Crippen LogP contribution >= 0.6 is 11.6 Å². The molecule has 11 heteroatoms. The molecule has 3 heterocycles. The first-order valence-corrected chi connectivity index (χ1v) is 17.8. The van der Waals surface area contributed by atoms with Gasteiger partial charge in [0.25, 0.3) is 5.91 Å². The van der Waals surface area contributed by atoms with E-state index in [1.807, 2.05) is 56.3 Å². The summed E-state index contributed by atoms with van der Waals surface area (Å²) in [5, 5.41) is 9.93. The van der Waals surface area contributed by atoms with Crippen molar-refractivity contribution in [2.75, 3.05) is 31.6 Å². The Bertz CT molecular complexity index is 1580. The summed E-state index contributed by atoms with van der Waals surface area (Å²) in [6.45, 7) is 11.6. The lowest BCUT2D eigenvalue weighted by molar-refractivity contribution is -0.164. The predicted octanol–water partition coefficient (Wildman–Crippen LogP) is 5.41. The number of carbonyl (C=O) groups excluding carboxylic acids is 4. The minimum Gasteiger partial charge on any atom is -0.455 e. The Morgan fingerprint density at radius 2 is 1.88 bits per heavy atom. The van der Waals surface area contributed by atoms with Gasteiger partial charge in [0.1, 0.15) is 17.7 Å². The Labute approximate surface area is 299 Å². The standard InChI is InChI=1S/C39H48ClN3O7/c1-6-8-19-30(45)41(5)26(4)34(27-16-10-9-11-17-27)49-38(48)31-29-20-21-39(50-29)32(31)36(46)43(23-12-13-24-44)35(39)37(47)42(22-7-2)33-25(3)15-14-18-28(33)40/h6-7,9-11,14-18,26,29,31-32,34-35,44H,1-2,8,12-13,19-24H2,3-5H3/t26-,29+,31-,32-,34+,35+,39-/m0/s1. The maximum atomic E-state index is 14.8. The zero-order chi connectivity index (χ0) is 36.2. The van der Waals surface area contributed by atoms with Crippen LogP contribution in [0, 0.1) is 18.8 Å². The highest BCUT2D eigenvalue weighted by Gasteiger charge is 2.75. The number of unbranched alkanes of at least 4 members (excludes halogenated alkanes) is 1. The molecule has 3 aliphatic rings. The van der Waals surface area contributed by atoms with Gasteiger partial charge in [0, 0.05) is 33.2 Å². The first-order valence-electron chi connectivity index (χ1n) is 17.4. The summed E-state index contributed by atoms with van der Waals surface area (Å²) in [6.07, 6.45) is 4.42. The average molecular weight is 706 g/mol. The maximum absolute atomic E-state index is 14.8. The topological polar surface area (TPSA) is 117 Å². The second-order valence-electron chi connectivity index (χ2n) is 13.5. The van der Waals surface area contributed by atoms with Crippen LogP contribution in [0.25, 0.3) is 0 Å². The molecule has 2 aromatic carbocycles. The number of amides is 3. The SMILES string of the molecule is C=CCCC(=O)N(C)[C@@H](C)[C@@H](OC(=O)[C@@H]1[C@H]2C(=O)N(CCCCO)[C@H](C(=O)N(CC=C)c3c(C)cccc3Cl)[C@]23CC[C@H]1O3)c1ccccc1. The highest BCUT2D eigenvalue weighted by molar-refractivity contribution is 6.34. The van der Waals surface area contributed by atoms with Crippen molar-refractivity contribution in [3.63, 3.8) is 0 Å². The van der Waals surface area contributed by atoms with Gasteiger partial charge in [-0.15, -0.1) is 13.2 Å². The minimum atomic E-state index is -1.26. The summed E-state index contributed by atoms with van der Waals surface area (Å²) in [4.78, 5) is 61.5. The van der Waals surface area contributed by atoms with Crippen LogP contribution in [0.1, 0.15) is 62.7 Å². The normalized spacial score (nSPS) is 24.7. The van der Waals surface area contributed by atoms with E-state index in [4.69, 9.17) is 21.1 Å². The van der Waals surface area contributed by atoms with Gasteiger partial charge in [0.05, 0.1) is 34.7 Å². The van der Waals surface area contributed by atoms with Crippen molar-refractivity contribution in [3.05, 3.63) is 90.0 Å². The molecule has 3 fully saturated rings. The second kappa shape index (κ2) is 15.9. The number of ether oxygens (including phenoxy) is 2. The van der Waals surface area contributed by atoms with E-state index < -0.39 is 47.7 Å². The Kier molecular flexibility index (Phi) is 11.9. The van der Waals surface area contributed by atoms with E-state index >= 15 is 0 Å². The number of para-hydroxylation sites is 1. The molecule has 3 saturated heterocycles. The van der Waals surface area contributed by atoms with Gasteiger partial charge in [0.15, 0.2) is 0 Å². The molecule has 3 amide bonds. The maximum Gasteiger partial charge on any atom is 0.313 e. The molecule has 1 spiro atoms. The quantitative estimate of drug-likeness (QED) is 0.141. The van der Waals surface area contributed by atoms with Gasteiger partial charge in [-0.1, -0.05) is 66.2 Å². The number of carbonyl (C=O) groups is 4. The Morgan fingerprint density at radius 1 is 1.14 bits per heavy atom. The molecule has 0 unspecified atom stereocenters. The third-order valence-corrected chi connectivity index (χ3v) is 10.8. The van der Waals surface area contributed by atoms with E-state index in [2.05, 4.69) is 13.2 Å². The summed E-state index contributed by atoms with van der Waals surface area (Å²) < 4.78 is 13.0. The molecule has 0 saturated carbocycles. The highest BCUT2D eigenvalue weighted by Crippen LogP contribution is 2.59. The number of rotatable bonds is 16. The number of allylic oxidation sites excluding steroid dienone is 1. The van der Waals surface area contributed by atoms with E-state index in [9.17, 15) is 24.3 Å². The molecular weight excluding hydrogens is 658 g/mol. The molecule has 3 aliphatic heterocycles. The first kappa shape index (κ1) is 37.3. The molecule has 2 bridgehead atoms. The number of nitrogens with zero attached hydrogens (tertiary/aromatic N) is 3. The third kappa shape index (κ3) is 6.85. The largest absolute Gasteiger partial charge is 0.455 e. The van der Waals surface area contributed by atoms with Gasteiger partial charge in [0.2, 0.25) is 11.8 Å². The van der Waals surface area contributed by atoms with E-state index in [-0.39, 0.29) is 43.8 Å². The molecule has 1 N–H and O–H groups in total. The predicted molar refractivity (Wildman–Crippen MR) is 191 cm³/mol. The van der Waals surface area contributed by atoms with Crippen molar-refractivity contribution in [2.24, 2.45) is 11.8 Å². The summed E-state index contributed by atoms with van der Waals surface area (Å²) in [6, 6.07) is 13.1. The minimum absolute atomic E-state index is 0.0618. The van der Waals surface area contributed by atoms with Crippen LogP contribution in [-0.4, -0.2) is 89.1 Å². The lowest BCUT2D eigenvalue weighted by Crippen LogP contribution is -2.56. The van der Waals surface area contributed by atoms with Gasteiger partial charge < -0.3 is 29.3 Å². The van der Waals surface area contributed by atoms with Gasteiger partial charge in [-0.05, 0) is 63.1 Å². The number of aliphatic hydroxyl groups excluding tert-OH is 1. The van der Waals surface area contributed by atoms with E-state index in [1.54, 1.807) is 35.1 Å². The monoisotopic (exact) mass is 705 g/mol. The smallest absolute Gasteiger partial charge is 0.313 e. The van der Waals surface area contributed by atoms with Crippen molar-refractivity contribution in [2.45, 2.75) is 82.3 Å². The molecule has 0 radical (unpaired) electrons. The molecule has 0 aliphatic carbocycles. The van der Waals surface area contributed by atoms with Crippen LogP contribution in [0.4, 0.5) is 5.69 Å². The van der Waals surface area contributed by atoms with Crippen molar-refractivity contribution < 1.29 is 33.8 Å². The number of likely N-dealkylation sites (tertiary alicyclic amines) is 1. The summed E-state index contributed by atoms with van der Waals surface area (Å²) in [5.74, 6) is -3.33. The molecule has 0 aromatic heterocycles. The van der Waals surface area contributed by atoms with Crippen LogP contribution in [-0.2, 0) is 28.7 Å². The Hall–Kier alpha value is -3.99. The van der Waals surface area contributed by atoms with Crippen LogP contribution in [0.2, 0.25) is 5.02 Å². The van der Waals surface area contributed by atoms with Crippen molar-refractivity contribution in [3.8, 4) is 0 Å². The van der Waals surface area contributed by atoms with Crippen LogP contribution < -0.4 is 4.90 Å². The Balaban J connectivity index is 1.50. The fourth-order valence-electron chi connectivity index (χ4n) is 7.99. The number of benzene rings is 2. The van der Waals surface area contributed by atoms with Crippen molar-refractivity contribution in [1.29, 1.82) is 0 Å². The summed E-state index contributed by atoms with van der Waals surface area (Å²) in [7, 11) is 1.69. The van der Waals surface area contributed by atoms with Crippen LogP contribution in [0.3, 0.4) is 0 Å². The zero-order valence-corrected chi connectivity index (χ0v) is 29.9. The second-order valence-corrected chi connectivity index (χ2v) is 13.9. The zero-order valence-electron chi connectivity index (χ0n) is 29.1. The molecule has 268 valence electrons. The molecule has 2 aromatic rings. The number of hydrogen-bond donors (Lipinski definition) is 1. The molecule has 10 nitrogen and oxygen atoms in total. The number of aryl methyl sites for hydroxylation is 1. The Morgan fingerprint density at radius 3 is 2.54 bits per heavy atom. The van der Waals surface area contributed by atoms with Gasteiger partial charge in [-0.2, -0.15) is 0 Å². The molecular formula is C39H48ClN3O7. The van der Waals surface area contributed by atoms with E-state index in [0.717, 1.165) is 5.56 Å². The van der Waals surface area contributed by atoms with Crippen LogP contribution in [0.15, 0.2) is 73.8 Å². The van der Waals surface area contributed by atoms with Crippen molar-refractivity contribution in [1.82, 2.24) is 9.80 Å². The average Bonchev–Trinajstić information content (AvgIpc) is 3.76. The van der Waals surface area contributed by atoms with Crippen LogP contribution in [0.5, 0.6) is 0 Å². The number of likely N-dealkylation sites (N-methyl/N-ethyl adjacent to an activating group) is 1. The number of anilines is 1. The van der Waals surface area contributed by atoms with Gasteiger partial charge in [-0.3, -0.25) is 19.2 Å². The van der Waals surface area contributed by atoms with Gasteiger partial charge >= 0.3 is 5.97 Å². The number of fused-ring (bicyclic) bond motifs is 1. The van der Waals surface area contributed by atoms with Gasteiger partial charge in [-0.25, -0.2) is 0 Å². The number of hydrogen-bond acceptors (Lipinski definition) is 7. The highest BCUT2D eigenvalue weighted by atomic mass is 35.5. The number of esters is 1.